The first-order chi connectivity index (χ1) is 5.41. The van der Waals surface area contributed by atoms with Crippen LogP contribution in [0.25, 0.3) is 0 Å². The molecule has 0 amide bonds. The molecule has 2 saturated carbocycles. The van der Waals surface area contributed by atoms with Crippen LogP contribution in [-0.4, -0.2) is 21.9 Å². The zero-order valence-corrected chi connectivity index (χ0v) is 8.04. The zero-order valence-electron chi connectivity index (χ0n) is 8.04. The van der Waals surface area contributed by atoms with Gasteiger partial charge in [-0.25, -0.2) is 0 Å². The van der Waals surface area contributed by atoms with E-state index in [1.807, 2.05) is 0 Å². The first-order valence-electron chi connectivity index (χ1n) is 4.81. The molecule has 0 aromatic carbocycles. The van der Waals surface area contributed by atoms with E-state index < -0.39 is 11.7 Å². The van der Waals surface area contributed by atoms with Gasteiger partial charge in [-0.2, -0.15) is 0 Å². The Morgan fingerprint density at radius 2 is 1.92 bits per heavy atom. The smallest absolute Gasteiger partial charge is 0.0911 e. The van der Waals surface area contributed by atoms with E-state index in [9.17, 15) is 10.2 Å². The molecule has 0 aromatic rings. The summed E-state index contributed by atoms with van der Waals surface area (Å²) in [6.07, 6.45) is 1.40. The van der Waals surface area contributed by atoms with Crippen molar-refractivity contribution in [2.24, 2.45) is 17.3 Å². The molecular formula is C10H18O2. The van der Waals surface area contributed by atoms with Crippen LogP contribution in [-0.2, 0) is 0 Å². The fourth-order valence-corrected chi connectivity index (χ4v) is 3.01. The van der Waals surface area contributed by atoms with Crippen molar-refractivity contribution in [3.8, 4) is 0 Å². The number of hydrogen-bond acceptors (Lipinski definition) is 2. The van der Waals surface area contributed by atoms with Crippen LogP contribution >= 0.6 is 0 Å². The van der Waals surface area contributed by atoms with Gasteiger partial charge in [-0.1, -0.05) is 13.8 Å². The average molecular weight is 170 g/mol. The molecule has 0 heterocycles. The van der Waals surface area contributed by atoms with E-state index in [0.717, 1.165) is 12.8 Å². The van der Waals surface area contributed by atoms with Crippen molar-refractivity contribution in [2.75, 3.05) is 0 Å². The Labute approximate surface area is 73.6 Å². The highest BCUT2D eigenvalue weighted by molar-refractivity contribution is 5.20. The van der Waals surface area contributed by atoms with E-state index in [-0.39, 0.29) is 5.41 Å². The average Bonchev–Trinajstić information content (AvgIpc) is 2.59. The summed E-state index contributed by atoms with van der Waals surface area (Å²) in [4.78, 5) is 0. The van der Waals surface area contributed by atoms with Crippen LogP contribution in [0.4, 0.5) is 0 Å². The summed E-state index contributed by atoms with van der Waals surface area (Å²) in [7, 11) is 0. The van der Waals surface area contributed by atoms with E-state index >= 15 is 0 Å². The quantitative estimate of drug-likeness (QED) is 0.620. The van der Waals surface area contributed by atoms with Crippen LogP contribution in [0, 0.1) is 17.3 Å². The van der Waals surface area contributed by atoms with Crippen molar-refractivity contribution < 1.29 is 10.2 Å². The highest BCUT2D eigenvalue weighted by Crippen LogP contribution is 2.70. The molecule has 2 aliphatic rings. The summed E-state index contributed by atoms with van der Waals surface area (Å²) in [5.74, 6) is 0.936. The Morgan fingerprint density at radius 1 is 1.33 bits per heavy atom. The van der Waals surface area contributed by atoms with Gasteiger partial charge < -0.3 is 10.2 Å². The van der Waals surface area contributed by atoms with Crippen LogP contribution in [0.1, 0.15) is 33.6 Å². The second-order valence-electron chi connectivity index (χ2n) is 5.09. The molecule has 2 fully saturated rings. The molecule has 2 N–H and O–H groups in total. The van der Waals surface area contributed by atoms with Crippen LogP contribution < -0.4 is 0 Å². The molecule has 4 atom stereocenters. The maximum absolute atomic E-state index is 9.94. The minimum absolute atomic E-state index is 0.267. The van der Waals surface area contributed by atoms with Crippen LogP contribution in [0.5, 0.6) is 0 Å². The van der Waals surface area contributed by atoms with Gasteiger partial charge in [-0.15, -0.1) is 0 Å². The first-order valence-corrected chi connectivity index (χ1v) is 4.81. The molecule has 0 aromatic heterocycles. The highest BCUT2D eigenvalue weighted by atomic mass is 16.3. The summed E-state index contributed by atoms with van der Waals surface area (Å²) < 4.78 is 0. The summed E-state index contributed by atoms with van der Waals surface area (Å²) in [6, 6.07) is 0. The molecular weight excluding hydrogens is 152 g/mol. The molecule has 2 aliphatic carbocycles. The molecule has 4 unspecified atom stereocenters. The molecule has 70 valence electrons. The van der Waals surface area contributed by atoms with Crippen LogP contribution in [0.15, 0.2) is 0 Å². The van der Waals surface area contributed by atoms with Crippen molar-refractivity contribution in [1.82, 2.24) is 0 Å². The Morgan fingerprint density at radius 3 is 2.17 bits per heavy atom. The van der Waals surface area contributed by atoms with Gasteiger partial charge in [-0.05, 0) is 37.0 Å². The first kappa shape index (κ1) is 8.52. The third-order valence-corrected chi connectivity index (χ3v) is 4.22. The minimum atomic E-state index is -0.815. The van der Waals surface area contributed by atoms with Crippen molar-refractivity contribution in [3.63, 3.8) is 0 Å². The number of fused-ring (bicyclic) bond motifs is 1. The van der Waals surface area contributed by atoms with Gasteiger partial charge in [0.25, 0.3) is 0 Å². The van der Waals surface area contributed by atoms with Crippen molar-refractivity contribution in [1.29, 1.82) is 0 Å². The topological polar surface area (TPSA) is 40.5 Å². The maximum Gasteiger partial charge on any atom is 0.0911 e. The summed E-state index contributed by atoms with van der Waals surface area (Å²) in [6.45, 7) is 6.15. The van der Waals surface area contributed by atoms with Gasteiger partial charge in [0.15, 0.2) is 0 Å². The number of aliphatic hydroxyl groups is 2. The maximum atomic E-state index is 9.94. The fraction of sp³-hybridized carbons (Fsp3) is 1.00. The molecule has 2 heteroatoms. The van der Waals surface area contributed by atoms with E-state index in [1.165, 1.54) is 0 Å². The van der Waals surface area contributed by atoms with E-state index in [4.69, 9.17) is 0 Å². The third kappa shape index (κ3) is 0.775. The predicted octanol–water partition coefficient (Wildman–Crippen LogP) is 1.16. The Balaban J connectivity index is 2.22. The van der Waals surface area contributed by atoms with Crippen LogP contribution in [0.3, 0.4) is 0 Å². The molecule has 0 bridgehead atoms. The molecule has 0 saturated heterocycles. The second-order valence-corrected chi connectivity index (χ2v) is 5.09. The number of hydrogen-bond donors (Lipinski definition) is 2. The van der Waals surface area contributed by atoms with E-state index in [1.54, 1.807) is 6.92 Å². The van der Waals surface area contributed by atoms with Gasteiger partial charge in [-0.3, -0.25) is 0 Å². The summed E-state index contributed by atoms with van der Waals surface area (Å²) in [5.41, 5.74) is -0.548. The van der Waals surface area contributed by atoms with Crippen molar-refractivity contribution in [2.45, 2.75) is 45.3 Å². The lowest BCUT2D eigenvalue weighted by molar-refractivity contribution is -0.0578. The van der Waals surface area contributed by atoms with Gasteiger partial charge in [0.1, 0.15) is 0 Å². The normalized spacial score (nSPS) is 57.5. The predicted molar refractivity (Wildman–Crippen MR) is 46.6 cm³/mol. The number of aliphatic hydroxyl groups excluding tert-OH is 1. The molecule has 0 spiro atoms. The molecule has 0 aliphatic heterocycles. The Hall–Kier alpha value is -0.0800. The lowest BCUT2D eigenvalue weighted by atomic mass is 9.89. The summed E-state index contributed by atoms with van der Waals surface area (Å²) in [5, 5.41) is 19.6. The fourth-order valence-electron chi connectivity index (χ4n) is 3.01. The molecule has 12 heavy (non-hydrogen) atoms. The lowest BCUT2D eigenvalue weighted by Crippen LogP contribution is -2.37. The van der Waals surface area contributed by atoms with E-state index in [0.29, 0.717) is 11.8 Å². The minimum Gasteiger partial charge on any atom is -0.390 e. The van der Waals surface area contributed by atoms with Gasteiger partial charge in [0.2, 0.25) is 0 Å². The monoisotopic (exact) mass is 170 g/mol. The Bertz CT molecular complexity index is 210. The van der Waals surface area contributed by atoms with Gasteiger partial charge >= 0.3 is 0 Å². The third-order valence-electron chi connectivity index (χ3n) is 4.22. The Kier molecular flexibility index (Phi) is 1.45. The molecule has 2 rings (SSSR count). The van der Waals surface area contributed by atoms with Gasteiger partial charge in [0, 0.05) is 0 Å². The van der Waals surface area contributed by atoms with Crippen molar-refractivity contribution in [3.05, 3.63) is 0 Å². The SMILES string of the molecule is CC(C)C12CC(O)C(C)(O)C1C2. The largest absolute Gasteiger partial charge is 0.390 e. The zero-order chi connectivity index (χ0) is 9.15. The second kappa shape index (κ2) is 2.05. The summed E-state index contributed by atoms with van der Waals surface area (Å²) >= 11 is 0. The molecule has 0 radical (unpaired) electrons. The van der Waals surface area contributed by atoms with Crippen LogP contribution in [0.2, 0.25) is 0 Å². The number of rotatable bonds is 1. The van der Waals surface area contributed by atoms with E-state index in [2.05, 4.69) is 13.8 Å². The highest BCUT2D eigenvalue weighted by Gasteiger charge is 2.70. The lowest BCUT2D eigenvalue weighted by Gasteiger charge is -2.23. The van der Waals surface area contributed by atoms with Gasteiger partial charge in [0.05, 0.1) is 11.7 Å². The molecule has 2 nitrogen and oxygen atoms in total. The standard InChI is InChI=1S/C10H18O2/c1-6(2)10-4-7(10)9(3,12)8(11)5-10/h6-8,11-12H,4-5H2,1-3H3. The van der Waals surface area contributed by atoms with Crippen molar-refractivity contribution >= 4 is 0 Å².